The fourth-order valence-corrected chi connectivity index (χ4v) is 3.20. The maximum absolute atomic E-state index is 12.4. The van der Waals surface area contributed by atoms with Crippen molar-refractivity contribution in [3.63, 3.8) is 0 Å². The van der Waals surface area contributed by atoms with Crippen LogP contribution < -0.4 is 13.7 Å². The Labute approximate surface area is 142 Å². The predicted octanol–water partition coefficient (Wildman–Crippen LogP) is 2.22. The number of hydrogen-bond donors (Lipinski definition) is 1. The number of halogens is 1. The van der Waals surface area contributed by atoms with E-state index in [1.54, 1.807) is 0 Å². The minimum absolute atomic E-state index is 0.0594. The normalized spacial score (nSPS) is 11.0. The quantitative estimate of drug-likeness (QED) is 0.767. The molecule has 0 amide bonds. The maximum atomic E-state index is 12.4. The summed E-state index contributed by atoms with van der Waals surface area (Å²) in [5.74, 6) is -1.54. The van der Waals surface area contributed by atoms with Gasteiger partial charge in [0.1, 0.15) is 16.2 Å². The minimum Gasteiger partial charge on any atom is -0.496 e. The van der Waals surface area contributed by atoms with E-state index in [4.69, 9.17) is 25.3 Å². The standard InChI is InChI=1S/C14H12ClNO7S/c1-21-8-6-11(22-2)16-12(7-8)23-24(19,20)10-5-3-4-9(15)13(10)14(17)18/h3-7H,1-2H3,(H,17,18). The van der Waals surface area contributed by atoms with Gasteiger partial charge in [-0.1, -0.05) is 17.7 Å². The van der Waals surface area contributed by atoms with Crippen LogP contribution in [0.5, 0.6) is 17.5 Å². The van der Waals surface area contributed by atoms with Crippen LogP contribution in [0.25, 0.3) is 0 Å². The Morgan fingerprint density at radius 1 is 1.17 bits per heavy atom. The van der Waals surface area contributed by atoms with E-state index in [0.29, 0.717) is 0 Å². The van der Waals surface area contributed by atoms with E-state index in [1.807, 2.05) is 0 Å². The van der Waals surface area contributed by atoms with E-state index in [0.717, 1.165) is 6.07 Å². The molecule has 0 bridgehead atoms. The van der Waals surface area contributed by atoms with Crippen molar-refractivity contribution in [1.29, 1.82) is 0 Å². The van der Waals surface area contributed by atoms with Gasteiger partial charge in [-0.2, -0.15) is 13.4 Å². The van der Waals surface area contributed by atoms with Crippen molar-refractivity contribution < 1.29 is 32.0 Å². The second kappa shape index (κ2) is 6.93. The van der Waals surface area contributed by atoms with Crippen LogP contribution in [0.1, 0.15) is 10.4 Å². The van der Waals surface area contributed by atoms with Gasteiger partial charge in [-0.05, 0) is 12.1 Å². The number of carboxylic acid groups (broad SMARTS) is 1. The number of aromatic carboxylic acids is 1. The average molecular weight is 374 g/mol. The van der Waals surface area contributed by atoms with E-state index < -0.39 is 26.5 Å². The van der Waals surface area contributed by atoms with Crippen molar-refractivity contribution in [2.24, 2.45) is 0 Å². The zero-order valence-corrected chi connectivity index (χ0v) is 14.1. The lowest BCUT2D eigenvalue weighted by Crippen LogP contribution is -2.15. The zero-order valence-electron chi connectivity index (χ0n) is 12.5. The van der Waals surface area contributed by atoms with Gasteiger partial charge in [0.05, 0.1) is 19.2 Å². The van der Waals surface area contributed by atoms with Gasteiger partial charge in [0, 0.05) is 12.1 Å². The highest BCUT2D eigenvalue weighted by Gasteiger charge is 2.27. The number of ether oxygens (including phenoxy) is 2. The van der Waals surface area contributed by atoms with E-state index in [2.05, 4.69) is 4.98 Å². The summed E-state index contributed by atoms with van der Waals surface area (Å²) >= 11 is 5.77. The molecule has 0 aliphatic carbocycles. The molecule has 0 unspecified atom stereocenters. The molecular formula is C14H12ClNO7S. The number of hydrogen-bond acceptors (Lipinski definition) is 7. The molecule has 0 aliphatic heterocycles. The smallest absolute Gasteiger partial charge is 0.341 e. The Kier molecular flexibility index (Phi) is 5.15. The topological polar surface area (TPSA) is 112 Å². The van der Waals surface area contributed by atoms with Crippen molar-refractivity contribution in [2.75, 3.05) is 14.2 Å². The number of aromatic nitrogens is 1. The van der Waals surface area contributed by atoms with Crippen molar-refractivity contribution in [1.82, 2.24) is 4.98 Å². The first-order chi connectivity index (χ1) is 11.3. The molecule has 0 spiro atoms. The van der Waals surface area contributed by atoms with Gasteiger partial charge in [-0.15, -0.1) is 0 Å². The van der Waals surface area contributed by atoms with Gasteiger partial charge in [-0.3, -0.25) is 0 Å². The summed E-state index contributed by atoms with van der Waals surface area (Å²) in [6.07, 6.45) is 0. The van der Waals surface area contributed by atoms with Crippen LogP contribution in [-0.2, 0) is 10.1 Å². The number of carboxylic acids is 1. The fourth-order valence-electron chi connectivity index (χ4n) is 1.80. The molecule has 1 N–H and O–H groups in total. The number of nitrogens with zero attached hydrogens (tertiary/aromatic N) is 1. The summed E-state index contributed by atoms with van der Waals surface area (Å²) in [6.45, 7) is 0. The highest BCUT2D eigenvalue weighted by molar-refractivity contribution is 7.87. The van der Waals surface area contributed by atoms with Crippen molar-refractivity contribution in [2.45, 2.75) is 4.90 Å². The molecule has 2 aromatic rings. The van der Waals surface area contributed by atoms with E-state index in [9.17, 15) is 18.3 Å². The largest absolute Gasteiger partial charge is 0.496 e. The van der Waals surface area contributed by atoms with Gasteiger partial charge < -0.3 is 18.8 Å². The van der Waals surface area contributed by atoms with Gasteiger partial charge in [0.2, 0.25) is 11.8 Å². The Morgan fingerprint density at radius 2 is 1.83 bits per heavy atom. The van der Waals surface area contributed by atoms with Gasteiger partial charge >= 0.3 is 16.1 Å². The molecule has 1 aromatic carbocycles. The van der Waals surface area contributed by atoms with Crippen LogP contribution >= 0.6 is 11.6 Å². The lowest BCUT2D eigenvalue weighted by Gasteiger charge is -2.11. The van der Waals surface area contributed by atoms with E-state index in [-0.39, 0.29) is 22.5 Å². The molecule has 1 heterocycles. The highest BCUT2D eigenvalue weighted by atomic mass is 35.5. The minimum atomic E-state index is -4.50. The molecule has 0 radical (unpaired) electrons. The molecule has 1 aromatic heterocycles. The number of pyridine rings is 1. The summed E-state index contributed by atoms with van der Waals surface area (Å²) in [5, 5.41) is 8.95. The Balaban J connectivity index is 2.51. The third-order valence-electron chi connectivity index (χ3n) is 2.85. The Hall–Kier alpha value is -2.52. The monoisotopic (exact) mass is 373 g/mol. The molecule has 24 heavy (non-hydrogen) atoms. The van der Waals surface area contributed by atoms with Crippen LogP contribution in [0.4, 0.5) is 0 Å². The van der Waals surface area contributed by atoms with Crippen LogP contribution in [0, 0.1) is 0 Å². The molecule has 10 heteroatoms. The summed E-state index contributed by atoms with van der Waals surface area (Å²) in [4.78, 5) is 14.5. The zero-order chi connectivity index (χ0) is 17.9. The van der Waals surface area contributed by atoms with Crippen molar-refractivity contribution in [3.05, 3.63) is 40.9 Å². The first-order valence-corrected chi connectivity index (χ1v) is 8.13. The van der Waals surface area contributed by atoms with Gasteiger partial charge in [-0.25, -0.2) is 4.79 Å². The van der Waals surface area contributed by atoms with E-state index >= 15 is 0 Å². The summed E-state index contributed by atoms with van der Waals surface area (Å²) in [6, 6.07) is 6.26. The van der Waals surface area contributed by atoms with Crippen LogP contribution in [0.2, 0.25) is 5.02 Å². The summed E-state index contributed by atoms with van der Waals surface area (Å²) < 4.78 is 39.6. The molecule has 2 rings (SSSR count). The number of carbonyl (C=O) groups is 1. The predicted molar refractivity (Wildman–Crippen MR) is 83.6 cm³/mol. The molecule has 0 fully saturated rings. The van der Waals surface area contributed by atoms with Gasteiger partial charge in [0.25, 0.3) is 0 Å². The molecule has 0 aliphatic rings. The highest BCUT2D eigenvalue weighted by Crippen LogP contribution is 2.29. The van der Waals surface area contributed by atoms with Crippen molar-refractivity contribution in [3.8, 4) is 17.5 Å². The summed E-state index contributed by atoms with van der Waals surface area (Å²) in [5.41, 5.74) is -0.589. The maximum Gasteiger partial charge on any atom is 0.341 e. The molecule has 0 atom stereocenters. The molecule has 128 valence electrons. The average Bonchev–Trinajstić information content (AvgIpc) is 2.53. The summed E-state index contributed by atoms with van der Waals surface area (Å²) in [7, 11) is -1.80. The van der Waals surface area contributed by atoms with Crippen LogP contribution in [0.15, 0.2) is 35.2 Å². The van der Waals surface area contributed by atoms with Crippen LogP contribution in [-0.4, -0.2) is 38.7 Å². The van der Waals surface area contributed by atoms with Crippen molar-refractivity contribution >= 4 is 27.7 Å². The second-order valence-corrected chi connectivity index (χ2v) is 6.27. The third-order valence-corrected chi connectivity index (χ3v) is 4.43. The lowest BCUT2D eigenvalue weighted by molar-refractivity contribution is 0.0692. The fraction of sp³-hybridized carbons (Fsp3) is 0.143. The lowest BCUT2D eigenvalue weighted by atomic mass is 10.2. The first-order valence-electron chi connectivity index (χ1n) is 6.35. The molecular weight excluding hydrogens is 362 g/mol. The number of methoxy groups -OCH3 is 2. The third kappa shape index (κ3) is 3.69. The molecule has 0 saturated heterocycles. The Morgan fingerprint density at radius 3 is 2.42 bits per heavy atom. The van der Waals surface area contributed by atoms with Crippen LogP contribution in [0.3, 0.4) is 0 Å². The molecule has 8 nitrogen and oxygen atoms in total. The SMILES string of the molecule is COc1cc(OC)nc(OS(=O)(=O)c2cccc(Cl)c2C(=O)O)c1. The number of rotatable bonds is 6. The number of benzene rings is 1. The van der Waals surface area contributed by atoms with E-state index in [1.165, 1.54) is 38.5 Å². The van der Waals surface area contributed by atoms with Gasteiger partial charge in [0.15, 0.2) is 0 Å². The molecule has 0 saturated carbocycles. The second-order valence-electron chi connectivity index (χ2n) is 4.34. The Bertz CT molecular complexity index is 860. The first kappa shape index (κ1) is 17.8.